The van der Waals surface area contributed by atoms with E-state index in [1.807, 2.05) is 0 Å². The number of urea groups is 1. The number of hydrogen-bond acceptors (Lipinski definition) is 3. The largest absolute Gasteiger partial charge is 0.390 e. The number of nitrogens with one attached hydrogen (secondary N) is 1. The lowest BCUT2D eigenvalue weighted by Crippen LogP contribution is -2.41. The third-order valence-corrected chi connectivity index (χ3v) is 3.05. The molecule has 21 heavy (non-hydrogen) atoms. The fourth-order valence-corrected chi connectivity index (χ4v) is 1.97. The molecule has 1 aliphatic carbocycles. The first kappa shape index (κ1) is 17.0. The van der Waals surface area contributed by atoms with Gasteiger partial charge < -0.3 is 11.1 Å². The molecule has 0 saturated carbocycles. The number of carbonyl (C=O) groups excluding carboxylic acids is 3. The number of imide groups is 1. The Balaban J connectivity index is 2.73. The molecule has 0 spiro atoms. The Morgan fingerprint density at radius 2 is 1.90 bits per heavy atom. The molecule has 9 heteroatoms. The number of carbonyl (C=O) groups is 3. The van der Waals surface area contributed by atoms with Crippen LogP contribution in [0, 0.1) is 0 Å². The van der Waals surface area contributed by atoms with E-state index in [4.69, 9.17) is 5.73 Å². The summed E-state index contributed by atoms with van der Waals surface area (Å²) >= 11 is 0. The Morgan fingerprint density at radius 3 is 2.43 bits per heavy atom. The van der Waals surface area contributed by atoms with Gasteiger partial charge in [0.2, 0.25) is 12.3 Å². The normalized spacial score (nSPS) is 15.6. The van der Waals surface area contributed by atoms with Gasteiger partial charge in [0.25, 0.3) is 0 Å². The van der Waals surface area contributed by atoms with Crippen molar-refractivity contribution in [2.75, 3.05) is 6.54 Å². The first-order valence-corrected chi connectivity index (χ1v) is 6.36. The molecule has 0 saturated heterocycles. The van der Waals surface area contributed by atoms with E-state index in [0.717, 1.165) is 12.8 Å². The van der Waals surface area contributed by atoms with Crippen molar-refractivity contribution in [3.63, 3.8) is 0 Å². The zero-order valence-electron chi connectivity index (χ0n) is 11.2. The molecule has 0 heterocycles. The molecule has 6 nitrogen and oxygen atoms in total. The number of amides is 4. The van der Waals surface area contributed by atoms with E-state index in [9.17, 15) is 27.6 Å². The molecule has 0 aromatic rings. The van der Waals surface area contributed by atoms with E-state index in [-0.39, 0.29) is 17.7 Å². The summed E-state index contributed by atoms with van der Waals surface area (Å²) in [7, 11) is 0. The van der Waals surface area contributed by atoms with Crippen LogP contribution in [0.1, 0.15) is 32.1 Å². The quantitative estimate of drug-likeness (QED) is 0.752. The summed E-state index contributed by atoms with van der Waals surface area (Å²) in [6.07, 6.45) is -3.50. The lowest BCUT2D eigenvalue weighted by Gasteiger charge is -2.22. The van der Waals surface area contributed by atoms with Gasteiger partial charge in [-0.3, -0.25) is 14.5 Å². The fourth-order valence-electron chi connectivity index (χ4n) is 1.97. The predicted molar refractivity (Wildman–Crippen MR) is 66.7 cm³/mol. The molecule has 0 atom stereocenters. The molecule has 0 unspecified atom stereocenters. The molecule has 0 aromatic heterocycles. The summed E-state index contributed by atoms with van der Waals surface area (Å²) in [6.45, 7) is -0.780. The van der Waals surface area contributed by atoms with Crippen LogP contribution in [0.25, 0.3) is 0 Å². The van der Waals surface area contributed by atoms with Crippen LogP contribution in [0.2, 0.25) is 0 Å². The topological polar surface area (TPSA) is 92.5 Å². The van der Waals surface area contributed by atoms with E-state index < -0.39 is 31.1 Å². The molecule has 0 fully saturated rings. The van der Waals surface area contributed by atoms with Crippen molar-refractivity contribution in [2.45, 2.75) is 38.3 Å². The number of allylic oxidation sites excluding steroid dienone is 1. The smallest absolute Gasteiger partial charge is 0.366 e. The Morgan fingerprint density at radius 1 is 1.29 bits per heavy atom. The van der Waals surface area contributed by atoms with E-state index in [1.165, 1.54) is 0 Å². The minimum Gasteiger partial charge on any atom is -0.366 e. The van der Waals surface area contributed by atoms with Crippen molar-refractivity contribution in [1.29, 1.82) is 0 Å². The van der Waals surface area contributed by atoms with Crippen LogP contribution in [-0.2, 0) is 9.59 Å². The van der Waals surface area contributed by atoms with Crippen LogP contribution in [0.3, 0.4) is 0 Å². The number of nitrogens with two attached hydrogens (primary N) is 1. The average Bonchev–Trinajstić information content (AvgIpc) is 2.38. The van der Waals surface area contributed by atoms with Gasteiger partial charge in [0.1, 0.15) is 0 Å². The zero-order valence-corrected chi connectivity index (χ0v) is 11.2. The number of nitrogens with zero attached hydrogens (tertiary/aromatic N) is 1. The number of hydrogen-bond donors (Lipinski definition) is 2. The Labute approximate surface area is 119 Å². The van der Waals surface area contributed by atoms with Gasteiger partial charge in [-0.05, 0) is 25.7 Å². The summed E-state index contributed by atoms with van der Waals surface area (Å²) in [4.78, 5) is 34.1. The third-order valence-electron chi connectivity index (χ3n) is 3.05. The highest BCUT2D eigenvalue weighted by Gasteiger charge is 2.29. The van der Waals surface area contributed by atoms with Crippen molar-refractivity contribution in [1.82, 2.24) is 10.2 Å². The molecule has 4 amide bonds. The second-order valence-corrected chi connectivity index (χ2v) is 4.62. The zero-order chi connectivity index (χ0) is 16.0. The molecule has 1 rings (SSSR count). The highest BCUT2D eigenvalue weighted by Crippen LogP contribution is 2.23. The number of rotatable bonds is 5. The van der Waals surface area contributed by atoms with Crippen LogP contribution in [0.5, 0.6) is 0 Å². The molecular formula is C12H16F3N3O3. The van der Waals surface area contributed by atoms with Crippen molar-refractivity contribution in [3.8, 4) is 0 Å². The minimum atomic E-state index is -4.47. The Kier molecular flexibility index (Phi) is 5.74. The van der Waals surface area contributed by atoms with Crippen LogP contribution in [-0.4, -0.2) is 36.0 Å². The minimum absolute atomic E-state index is 0.0222. The van der Waals surface area contributed by atoms with E-state index >= 15 is 0 Å². The first-order chi connectivity index (χ1) is 9.74. The van der Waals surface area contributed by atoms with Crippen molar-refractivity contribution in [3.05, 3.63) is 11.3 Å². The van der Waals surface area contributed by atoms with Crippen molar-refractivity contribution < 1.29 is 27.6 Å². The standard InChI is InChI=1S/C12H16F3N3O3/c13-12(14,15)5-6-18(7-19)11(21)17-9-4-2-1-3-8(9)10(16)20/h7H,1-6H2,(H2,16,20)(H,17,21). The first-order valence-electron chi connectivity index (χ1n) is 6.36. The van der Waals surface area contributed by atoms with Crippen LogP contribution < -0.4 is 11.1 Å². The molecular weight excluding hydrogens is 291 g/mol. The van der Waals surface area contributed by atoms with Gasteiger partial charge in [0.15, 0.2) is 0 Å². The Bertz CT molecular complexity index is 460. The maximum Gasteiger partial charge on any atom is 0.390 e. The van der Waals surface area contributed by atoms with Crippen LogP contribution in [0.4, 0.5) is 18.0 Å². The summed E-state index contributed by atoms with van der Waals surface area (Å²) < 4.78 is 36.3. The monoisotopic (exact) mass is 307 g/mol. The third kappa shape index (κ3) is 5.44. The van der Waals surface area contributed by atoms with Crippen LogP contribution >= 0.6 is 0 Å². The maximum absolute atomic E-state index is 12.1. The SMILES string of the molecule is NC(=O)C1=C(NC(=O)N(C=O)CCC(F)(F)F)CCCC1. The lowest BCUT2D eigenvalue weighted by molar-refractivity contribution is -0.138. The van der Waals surface area contributed by atoms with Gasteiger partial charge in [0, 0.05) is 17.8 Å². The van der Waals surface area contributed by atoms with Gasteiger partial charge in [-0.25, -0.2) is 4.79 Å². The van der Waals surface area contributed by atoms with Gasteiger partial charge in [-0.2, -0.15) is 13.2 Å². The van der Waals surface area contributed by atoms with Gasteiger partial charge in [0.05, 0.1) is 6.42 Å². The maximum atomic E-state index is 12.1. The molecule has 1 aliphatic rings. The van der Waals surface area contributed by atoms with Gasteiger partial charge in [-0.15, -0.1) is 0 Å². The average molecular weight is 307 g/mol. The number of primary amides is 1. The summed E-state index contributed by atoms with van der Waals surface area (Å²) in [6, 6.07) is -0.995. The van der Waals surface area contributed by atoms with E-state index in [0.29, 0.717) is 17.7 Å². The summed E-state index contributed by atoms with van der Waals surface area (Å²) in [5, 5.41) is 2.30. The van der Waals surface area contributed by atoms with Crippen LogP contribution in [0.15, 0.2) is 11.3 Å². The second-order valence-electron chi connectivity index (χ2n) is 4.62. The number of alkyl halides is 3. The number of halogens is 3. The second kappa shape index (κ2) is 7.09. The molecule has 0 radical (unpaired) electrons. The molecule has 0 aliphatic heterocycles. The van der Waals surface area contributed by atoms with Crippen molar-refractivity contribution in [2.24, 2.45) is 5.73 Å². The van der Waals surface area contributed by atoms with Crippen molar-refractivity contribution >= 4 is 18.3 Å². The molecule has 0 aromatic carbocycles. The Hall–Kier alpha value is -2.06. The molecule has 0 bridgehead atoms. The fraction of sp³-hybridized carbons (Fsp3) is 0.583. The van der Waals surface area contributed by atoms with E-state index in [2.05, 4.69) is 5.32 Å². The predicted octanol–water partition coefficient (Wildman–Crippen LogP) is 1.42. The highest BCUT2D eigenvalue weighted by molar-refractivity contribution is 5.94. The molecule has 118 valence electrons. The summed E-state index contributed by atoms with van der Waals surface area (Å²) in [5.74, 6) is -0.682. The highest BCUT2D eigenvalue weighted by atomic mass is 19.4. The van der Waals surface area contributed by atoms with Gasteiger partial charge in [-0.1, -0.05) is 0 Å². The van der Waals surface area contributed by atoms with Gasteiger partial charge >= 0.3 is 12.2 Å². The van der Waals surface area contributed by atoms with E-state index in [1.54, 1.807) is 0 Å². The summed E-state index contributed by atoms with van der Waals surface area (Å²) in [5.41, 5.74) is 5.70. The lowest BCUT2D eigenvalue weighted by atomic mass is 9.96. The molecule has 3 N–H and O–H groups in total.